The summed E-state index contributed by atoms with van der Waals surface area (Å²) in [4.78, 5) is 39.0. The lowest BCUT2D eigenvalue weighted by molar-refractivity contribution is -0.142. The zero-order valence-electron chi connectivity index (χ0n) is 19.7. The fraction of sp³-hybridized carbons (Fsp3) is 0.444. The van der Waals surface area contributed by atoms with E-state index in [9.17, 15) is 19.5 Å². The Morgan fingerprint density at radius 1 is 1.03 bits per heavy atom. The van der Waals surface area contributed by atoms with Crippen molar-refractivity contribution in [3.8, 4) is 11.1 Å². The number of likely N-dealkylation sites (tertiary alicyclic amines) is 1. The fourth-order valence-electron chi connectivity index (χ4n) is 6.07. The monoisotopic (exact) mass is 478 g/mol. The van der Waals surface area contributed by atoms with Gasteiger partial charge in [0, 0.05) is 32.0 Å². The summed E-state index contributed by atoms with van der Waals surface area (Å²) in [5.41, 5.74) is 4.39. The van der Waals surface area contributed by atoms with Crippen LogP contribution in [-0.2, 0) is 19.1 Å². The number of hydrogen-bond donors (Lipinski definition) is 2. The number of ether oxygens (including phenoxy) is 2. The van der Waals surface area contributed by atoms with Gasteiger partial charge in [-0.05, 0) is 41.0 Å². The Labute approximate surface area is 204 Å². The van der Waals surface area contributed by atoms with E-state index in [2.05, 4.69) is 17.4 Å². The molecule has 0 aromatic heterocycles. The number of nitrogens with zero attached hydrogens (tertiary/aromatic N) is 1. The molecule has 1 unspecified atom stereocenters. The van der Waals surface area contributed by atoms with Crippen LogP contribution in [0.2, 0.25) is 0 Å². The first-order valence-electron chi connectivity index (χ1n) is 12.1. The van der Waals surface area contributed by atoms with Crippen LogP contribution in [0, 0.1) is 11.8 Å². The average Bonchev–Trinajstić information content (AvgIpc) is 3.53. The van der Waals surface area contributed by atoms with Gasteiger partial charge in [0.2, 0.25) is 5.91 Å². The number of carboxylic acid groups (broad SMARTS) is 1. The Hall–Kier alpha value is -3.39. The minimum atomic E-state index is -1.18. The van der Waals surface area contributed by atoms with E-state index < -0.39 is 24.5 Å². The molecule has 35 heavy (non-hydrogen) atoms. The maximum absolute atomic E-state index is 13.2. The van der Waals surface area contributed by atoms with E-state index in [-0.39, 0.29) is 30.5 Å². The topological polar surface area (TPSA) is 105 Å². The Morgan fingerprint density at radius 2 is 1.69 bits per heavy atom. The predicted octanol–water partition coefficient (Wildman–Crippen LogP) is 3.25. The molecule has 0 bridgehead atoms. The molecule has 2 aromatic carbocycles. The third-order valence-electron chi connectivity index (χ3n) is 7.72. The van der Waals surface area contributed by atoms with Crippen LogP contribution < -0.4 is 5.32 Å². The molecule has 4 atom stereocenters. The normalized spacial score (nSPS) is 23.3. The average molecular weight is 479 g/mol. The largest absolute Gasteiger partial charge is 0.481 e. The summed E-state index contributed by atoms with van der Waals surface area (Å²) in [6, 6.07) is 14.8. The lowest BCUT2D eigenvalue weighted by Gasteiger charge is -2.25. The Kier molecular flexibility index (Phi) is 6.47. The van der Waals surface area contributed by atoms with Crippen molar-refractivity contribution in [2.24, 2.45) is 11.8 Å². The second-order valence-electron chi connectivity index (χ2n) is 9.64. The number of carbonyl (C=O) groups excluding carboxylic acids is 2. The summed E-state index contributed by atoms with van der Waals surface area (Å²) in [6.45, 7) is 1.17. The number of carboxylic acids is 1. The Morgan fingerprint density at radius 3 is 2.31 bits per heavy atom. The maximum atomic E-state index is 13.2. The summed E-state index contributed by atoms with van der Waals surface area (Å²) in [5.74, 6) is -1.06. The van der Waals surface area contributed by atoms with Crippen molar-refractivity contribution in [1.82, 2.24) is 10.2 Å². The molecule has 1 heterocycles. The number of alkyl carbamates (subject to hydrolysis) is 1. The third-order valence-corrected chi connectivity index (χ3v) is 7.72. The van der Waals surface area contributed by atoms with Gasteiger partial charge in [-0.3, -0.25) is 9.59 Å². The van der Waals surface area contributed by atoms with Crippen molar-refractivity contribution >= 4 is 18.0 Å². The van der Waals surface area contributed by atoms with Gasteiger partial charge in [-0.1, -0.05) is 48.5 Å². The molecule has 8 heteroatoms. The maximum Gasteiger partial charge on any atom is 0.407 e. The van der Waals surface area contributed by atoms with E-state index in [4.69, 9.17) is 9.47 Å². The molecular weight excluding hydrogens is 448 g/mol. The van der Waals surface area contributed by atoms with Crippen molar-refractivity contribution < 1.29 is 29.0 Å². The second kappa shape index (κ2) is 9.70. The minimum absolute atomic E-state index is 0.0945. The molecule has 1 saturated carbocycles. The number of fused-ring (bicyclic) bond motifs is 4. The number of rotatable bonds is 7. The first-order valence-corrected chi connectivity index (χ1v) is 12.1. The molecular formula is C27H30N2O6. The van der Waals surface area contributed by atoms with Crippen LogP contribution in [0.15, 0.2) is 48.5 Å². The zero-order chi connectivity index (χ0) is 24.5. The van der Waals surface area contributed by atoms with E-state index in [0.29, 0.717) is 19.0 Å². The van der Waals surface area contributed by atoms with Gasteiger partial charge in [0.15, 0.2) is 0 Å². The number of aliphatic carboxylic acids is 1. The lowest BCUT2D eigenvalue weighted by atomic mass is 9.98. The number of nitrogens with one attached hydrogen (secondary N) is 1. The van der Waals surface area contributed by atoms with Crippen molar-refractivity contribution in [3.05, 3.63) is 59.7 Å². The molecule has 2 aliphatic carbocycles. The van der Waals surface area contributed by atoms with Crippen molar-refractivity contribution in [1.29, 1.82) is 0 Å². The van der Waals surface area contributed by atoms with Crippen LogP contribution in [0.4, 0.5) is 4.79 Å². The quantitative estimate of drug-likeness (QED) is 0.633. The third kappa shape index (κ3) is 4.50. The predicted molar refractivity (Wildman–Crippen MR) is 128 cm³/mol. The molecule has 1 saturated heterocycles. The molecule has 8 nitrogen and oxygen atoms in total. The molecule has 184 valence electrons. The van der Waals surface area contributed by atoms with E-state index in [1.54, 1.807) is 12.0 Å². The highest BCUT2D eigenvalue weighted by Crippen LogP contribution is 2.44. The van der Waals surface area contributed by atoms with Gasteiger partial charge >= 0.3 is 12.1 Å². The van der Waals surface area contributed by atoms with Gasteiger partial charge in [-0.15, -0.1) is 0 Å². The van der Waals surface area contributed by atoms with E-state index in [1.807, 2.05) is 36.4 Å². The Balaban J connectivity index is 1.24. The lowest BCUT2D eigenvalue weighted by Crippen LogP contribution is -2.49. The number of carbonyl (C=O) groups is 3. The van der Waals surface area contributed by atoms with Gasteiger partial charge in [0.05, 0.1) is 12.5 Å². The first kappa shape index (κ1) is 23.4. The SMILES string of the molecule is CO[C@H]1CC[C@H]2CN(C(=O)C(CC(=O)O)NC(=O)OCC3c4ccccc4-c4ccccc43)C[C@H]21. The number of amides is 2. The highest BCUT2D eigenvalue weighted by molar-refractivity contribution is 5.89. The highest BCUT2D eigenvalue weighted by atomic mass is 16.5. The number of benzene rings is 2. The molecule has 3 aliphatic rings. The fourth-order valence-corrected chi connectivity index (χ4v) is 6.07. The summed E-state index contributed by atoms with van der Waals surface area (Å²) >= 11 is 0. The van der Waals surface area contributed by atoms with E-state index >= 15 is 0 Å². The minimum Gasteiger partial charge on any atom is -0.481 e. The Bertz CT molecular complexity index is 1090. The molecule has 1 aliphatic heterocycles. The van der Waals surface area contributed by atoms with Crippen LogP contribution in [0.5, 0.6) is 0 Å². The molecule has 2 amide bonds. The number of hydrogen-bond acceptors (Lipinski definition) is 5. The van der Waals surface area contributed by atoms with Crippen LogP contribution >= 0.6 is 0 Å². The van der Waals surface area contributed by atoms with Crippen LogP contribution in [0.1, 0.15) is 36.3 Å². The van der Waals surface area contributed by atoms with Crippen LogP contribution in [-0.4, -0.2) is 66.9 Å². The van der Waals surface area contributed by atoms with Gasteiger partial charge < -0.3 is 24.8 Å². The van der Waals surface area contributed by atoms with Gasteiger partial charge in [-0.2, -0.15) is 0 Å². The van der Waals surface area contributed by atoms with Crippen LogP contribution in [0.3, 0.4) is 0 Å². The molecule has 2 aromatic rings. The van der Waals surface area contributed by atoms with Crippen molar-refractivity contribution in [3.63, 3.8) is 0 Å². The smallest absolute Gasteiger partial charge is 0.407 e. The number of methoxy groups -OCH3 is 1. The van der Waals surface area contributed by atoms with Crippen molar-refractivity contribution in [2.75, 3.05) is 26.8 Å². The zero-order valence-corrected chi connectivity index (χ0v) is 19.7. The molecule has 0 radical (unpaired) electrons. The highest BCUT2D eigenvalue weighted by Gasteiger charge is 2.45. The summed E-state index contributed by atoms with van der Waals surface area (Å²) in [7, 11) is 1.68. The van der Waals surface area contributed by atoms with Gasteiger partial charge in [-0.25, -0.2) is 4.79 Å². The van der Waals surface area contributed by atoms with Gasteiger partial charge in [0.1, 0.15) is 12.6 Å². The van der Waals surface area contributed by atoms with Gasteiger partial charge in [0.25, 0.3) is 0 Å². The summed E-state index contributed by atoms with van der Waals surface area (Å²) in [6.07, 6.45) is 0.787. The van der Waals surface area contributed by atoms with E-state index in [0.717, 1.165) is 35.1 Å². The molecule has 5 rings (SSSR count). The first-order chi connectivity index (χ1) is 17.0. The van der Waals surface area contributed by atoms with E-state index in [1.165, 1.54) is 0 Å². The second-order valence-corrected chi connectivity index (χ2v) is 9.64. The molecule has 2 N–H and O–H groups in total. The molecule has 2 fully saturated rings. The molecule has 0 spiro atoms. The van der Waals surface area contributed by atoms with Crippen molar-refractivity contribution in [2.45, 2.75) is 37.3 Å². The summed E-state index contributed by atoms with van der Waals surface area (Å²) < 4.78 is 11.1. The van der Waals surface area contributed by atoms with Crippen LogP contribution in [0.25, 0.3) is 11.1 Å². The summed E-state index contributed by atoms with van der Waals surface area (Å²) in [5, 5.41) is 11.9. The standard InChI is InChI=1S/C27H30N2O6/c1-34-24-11-10-16-13-29(14-21(16)24)26(32)23(12-25(30)31)28-27(33)35-15-22-19-8-4-2-6-17(19)18-7-3-5-9-20(18)22/h2-9,16,21-24H,10-15H2,1H3,(H,28,33)(H,30,31)/t16-,21+,23?,24-/m0/s1.